The van der Waals surface area contributed by atoms with E-state index in [0.29, 0.717) is 56.1 Å². The van der Waals surface area contributed by atoms with E-state index in [4.69, 9.17) is 39.3 Å². The van der Waals surface area contributed by atoms with E-state index >= 15 is 0 Å². The number of nitrogens with zero attached hydrogens (tertiary/aromatic N) is 1. The molecular formula is C37H57N3O12. The number of aliphatic carboxylic acids is 1. The summed E-state index contributed by atoms with van der Waals surface area (Å²) in [5, 5.41) is 11.6. The highest BCUT2D eigenvalue weighted by atomic mass is 16.7. The Hall–Kier alpha value is -4.37. The predicted octanol–water partition coefficient (Wildman–Crippen LogP) is 3.91. The fourth-order valence-corrected chi connectivity index (χ4v) is 5.69. The van der Waals surface area contributed by atoms with Crippen LogP contribution in [0.25, 0.3) is 0 Å². The Kier molecular flexibility index (Phi) is 17.9. The number of primary amides is 1. The van der Waals surface area contributed by atoms with Crippen LogP contribution in [0.4, 0.5) is 4.79 Å². The van der Waals surface area contributed by atoms with Crippen LogP contribution in [0.3, 0.4) is 0 Å². The van der Waals surface area contributed by atoms with Gasteiger partial charge >= 0.3 is 18.0 Å². The molecule has 0 unspecified atom stereocenters. The van der Waals surface area contributed by atoms with Gasteiger partial charge in [-0.2, -0.15) is 0 Å². The summed E-state index contributed by atoms with van der Waals surface area (Å²) in [6.45, 7) is 11.6. The quantitative estimate of drug-likeness (QED) is 0.0672. The Morgan fingerprint density at radius 3 is 2.33 bits per heavy atom. The number of amides is 3. The molecule has 0 aromatic heterocycles. The van der Waals surface area contributed by atoms with Crippen LogP contribution in [0.1, 0.15) is 66.4 Å². The first-order chi connectivity index (χ1) is 24.5. The number of rotatable bonds is 22. The molecule has 0 spiro atoms. The number of carboxylic acids is 1. The number of methoxy groups -OCH3 is 2. The van der Waals surface area contributed by atoms with E-state index in [9.17, 15) is 24.0 Å². The number of carboxylic acid groups (broad SMARTS) is 1. The fraction of sp³-hybridized carbons (Fsp3) is 0.649. The van der Waals surface area contributed by atoms with E-state index in [1.165, 1.54) is 4.90 Å². The zero-order valence-corrected chi connectivity index (χ0v) is 31.7. The lowest BCUT2D eigenvalue weighted by Crippen LogP contribution is -2.47. The maximum Gasteiger partial charge on any atom is 0.414 e. The molecule has 4 atom stereocenters. The topological polar surface area (TPSA) is 202 Å². The molecule has 52 heavy (non-hydrogen) atoms. The molecule has 0 aliphatic carbocycles. The van der Waals surface area contributed by atoms with Crippen molar-refractivity contribution in [1.82, 2.24) is 10.2 Å². The summed E-state index contributed by atoms with van der Waals surface area (Å²) < 4.78 is 32.9. The molecule has 3 amide bonds. The van der Waals surface area contributed by atoms with Crippen molar-refractivity contribution in [2.24, 2.45) is 34.8 Å². The Labute approximate surface area is 306 Å². The molecule has 15 nitrogen and oxygen atoms in total. The van der Waals surface area contributed by atoms with Crippen LogP contribution in [0.5, 0.6) is 11.5 Å². The molecule has 2 rings (SSSR count). The van der Waals surface area contributed by atoms with Gasteiger partial charge in [-0.3, -0.25) is 14.5 Å². The Bertz CT molecular complexity index is 1380. The monoisotopic (exact) mass is 735 g/mol. The van der Waals surface area contributed by atoms with Gasteiger partial charge in [0.1, 0.15) is 6.73 Å². The number of hydrogen-bond acceptors (Lipinski definition) is 11. The minimum atomic E-state index is -1.33. The fourth-order valence-electron chi connectivity index (χ4n) is 5.69. The molecule has 292 valence electrons. The first-order valence-electron chi connectivity index (χ1n) is 17.5. The van der Waals surface area contributed by atoms with Crippen molar-refractivity contribution < 1.29 is 57.5 Å². The standard InChI is InChI=1S/C37H57N3O12/c1-23(2)26(16-25-10-11-29(48-8)31(17-25)49-15-9-14-47-7)18-28-30(19-27(24(3)4)34(44)39-20-37(5,6)35(38)45)50-21-40(28)36(46)52-22-51-33(43)13-12-32(41)42/h10-13,17,23-24,26-28,30H,9,14-16,18-22H2,1-8H3,(H2,38,45)(H,39,44)(H,41,42)/b13-12+/t26-,27-,28-,30-/m0/s1. The van der Waals surface area contributed by atoms with Gasteiger partial charge in [-0.1, -0.05) is 33.8 Å². The minimum Gasteiger partial charge on any atom is -0.493 e. The maximum absolute atomic E-state index is 13.5. The van der Waals surface area contributed by atoms with Crippen LogP contribution in [-0.2, 0) is 44.5 Å². The van der Waals surface area contributed by atoms with Crippen LogP contribution in [0.15, 0.2) is 30.4 Å². The van der Waals surface area contributed by atoms with Crippen LogP contribution >= 0.6 is 0 Å². The summed E-state index contributed by atoms with van der Waals surface area (Å²) in [4.78, 5) is 62.7. The Balaban J connectivity index is 2.35. The van der Waals surface area contributed by atoms with Crippen molar-refractivity contribution in [3.8, 4) is 11.5 Å². The number of carbonyl (C=O) groups excluding carboxylic acids is 4. The molecular weight excluding hydrogens is 678 g/mol. The zero-order valence-electron chi connectivity index (χ0n) is 31.7. The second-order valence-corrected chi connectivity index (χ2v) is 14.2. The molecule has 1 aliphatic rings. The summed E-state index contributed by atoms with van der Waals surface area (Å²) in [6.07, 6.45) is 2.06. The minimum absolute atomic E-state index is 0.0286. The summed E-state index contributed by atoms with van der Waals surface area (Å²) in [5.41, 5.74) is 5.57. The average Bonchev–Trinajstić information content (AvgIpc) is 3.48. The third kappa shape index (κ3) is 14.0. The lowest BCUT2D eigenvalue weighted by Gasteiger charge is -2.33. The van der Waals surface area contributed by atoms with Crippen molar-refractivity contribution in [3.05, 3.63) is 35.9 Å². The Morgan fingerprint density at radius 2 is 1.73 bits per heavy atom. The zero-order chi connectivity index (χ0) is 39.0. The molecule has 4 N–H and O–H groups in total. The predicted molar refractivity (Wildman–Crippen MR) is 190 cm³/mol. The highest BCUT2D eigenvalue weighted by Gasteiger charge is 2.43. The van der Waals surface area contributed by atoms with Crippen LogP contribution in [0.2, 0.25) is 0 Å². The summed E-state index contributed by atoms with van der Waals surface area (Å²) in [7, 11) is 3.22. The van der Waals surface area contributed by atoms with Gasteiger partial charge < -0.3 is 44.6 Å². The van der Waals surface area contributed by atoms with Crippen molar-refractivity contribution >= 4 is 29.8 Å². The number of esters is 1. The van der Waals surface area contributed by atoms with E-state index in [2.05, 4.69) is 19.2 Å². The van der Waals surface area contributed by atoms with Crippen molar-refractivity contribution in [2.45, 2.75) is 79.4 Å². The normalized spacial score (nSPS) is 17.2. The molecule has 0 saturated carbocycles. The van der Waals surface area contributed by atoms with E-state index in [1.807, 2.05) is 32.0 Å². The third-order valence-electron chi connectivity index (χ3n) is 9.20. The van der Waals surface area contributed by atoms with E-state index in [-0.39, 0.29) is 43.4 Å². The number of carbonyl (C=O) groups is 5. The van der Waals surface area contributed by atoms with Crippen molar-refractivity contribution in [3.63, 3.8) is 0 Å². The van der Waals surface area contributed by atoms with Crippen LogP contribution < -0.4 is 20.5 Å². The lowest BCUT2D eigenvalue weighted by molar-refractivity contribution is -0.147. The number of ether oxygens (including phenoxy) is 6. The van der Waals surface area contributed by atoms with E-state index < -0.39 is 54.2 Å². The highest BCUT2D eigenvalue weighted by molar-refractivity contribution is 5.90. The van der Waals surface area contributed by atoms with Gasteiger partial charge in [-0.15, -0.1) is 0 Å². The van der Waals surface area contributed by atoms with Gasteiger partial charge in [0.15, 0.2) is 11.5 Å². The van der Waals surface area contributed by atoms with Crippen molar-refractivity contribution in [2.75, 3.05) is 47.5 Å². The SMILES string of the molecule is COCCCOc1cc(C[C@@H](C[C@H]2[C@H](C[C@H](C(=O)NCC(C)(C)C(N)=O)C(C)C)OCN2C(=O)OCOC(=O)/C=C/C(=O)O)C(C)C)ccc1OC. The number of hydrogen-bond donors (Lipinski definition) is 3. The number of benzene rings is 1. The molecule has 15 heteroatoms. The second-order valence-electron chi connectivity index (χ2n) is 14.2. The summed E-state index contributed by atoms with van der Waals surface area (Å²) in [5.74, 6) is -2.33. The molecule has 1 fully saturated rings. The molecule has 0 radical (unpaired) electrons. The van der Waals surface area contributed by atoms with E-state index in [1.54, 1.807) is 28.1 Å². The smallest absolute Gasteiger partial charge is 0.414 e. The van der Waals surface area contributed by atoms with Crippen LogP contribution in [-0.4, -0.2) is 99.5 Å². The van der Waals surface area contributed by atoms with Gasteiger partial charge in [0.05, 0.1) is 31.3 Å². The summed E-state index contributed by atoms with van der Waals surface area (Å²) in [6, 6.07) is 5.27. The highest BCUT2D eigenvalue weighted by Crippen LogP contribution is 2.36. The first-order valence-corrected chi connectivity index (χ1v) is 17.5. The lowest BCUT2D eigenvalue weighted by atomic mass is 9.80. The van der Waals surface area contributed by atoms with E-state index in [0.717, 1.165) is 5.56 Å². The van der Waals surface area contributed by atoms with Gasteiger partial charge in [-0.05, 0) is 68.6 Å². The number of nitrogens with one attached hydrogen (secondary N) is 1. The molecule has 1 aromatic rings. The van der Waals surface area contributed by atoms with Gasteiger partial charge in [0.25, 0.3) is 0 Å². The van der Waals surface area contributed by atoms with Gasteiger partial charge in [-0.25, -0.2) is 14.4 Å². The van der Waals surface area contributed by atoms with Crippen LogP contribution in [0, 0.1) is 29.1 Å². The van der Waals surface area contributed by atoms with Crippen molar-refractivity contribution in [1.29, 1.82) is 0 Å². The first kappa shape index (κ1) is 43.8. The molecule has 1 heterocycles. The number of nitrogens with two attached hydrogens (primary N) is 1. The largest absolute Gasteiger partial charge is 0.493 e. The van der Waals surface area contributed by atoms with Gasteiger partial charge in [0, 0.05) is 44.8 Å². The average molecular weight is 736 g/mol. The summed E-state index contributed by atoms with van der Waals surface area (Å²) >= 11 is 0. The molecule has 1 aromatic carbocycles. The molecule has 1 saturated heterocycles. The molecule has 1 aliphatic heterocycles. The second kappa shape index (κ2) is 21.2. The third-order valence-corrected chi connectivity index (χ3v) is 9.20. The maximum atomic E-state index is 13.5. The van der Waals surface area contributed by atoms with Gasteiger partial charge in [0.2, 0.25) is 18.6 Å². The molecule has 0 bridgehead atoms. The Morgan fingerprint density at radius 1 is 1.02 bits per heavy atom.